The van der Waals surface area contributed by atoms with Crippen molar-refractivity contribution in [3.8, 4) is 0 Å². The molecule has 0 aliphatic carbocycles. The fraction of sp³-hybridized carbons (Fsp3) is 0.267. The van der Waals surface area contributed by atoms with E-state index in [-0.39, 0.29) is 5.91 Å². The first-order valence-electron chi connectivity index (χ1n) is 6.60. The maximum absolute atomic E-state index is 12.0. The van der Waals surface area contributed by atoms with E-state index >= 15 is 0 Å². The number of nitrogens with zero attached hydrogens (tertiary/aromatic N) is 2. The molecule has 2 heterocycles. The summed E-state index contributed by atoms with van der Waals surface area (Å²) < 4.78 is 1.10. The van der Waals surface area contributed by atoms with Gasteiger partial charge in [-0.05, 0) is 44.0 Å². The summed E-state index contributed by atoms with van der Waals surface area (Å²) in [6.07, 6.45) is 0.290. The van der Waals surface area contributed by atoms with Gasteiger partial charge in [-0.2, -0.15) is 0 Å². The fourth-order valence-electron chi connectivity index (χ4n) is 2.05. The van der Waals surface area contributed by atoms with Crippen LogP contribution in [0.2, 0.25) is 0 Å². The van der Waals surface area contributed by atoms with Crippen LogP contribution in [-0.2, 0) is 11.2 Å². The van der Waals surface area contributed by atoms with Gasteiger partial charge in [0.15, 0.2) is 5.13 Å². The van der Waals surface area contributed by atoms with Crippen LogP contribution in [0.1, 0.15) is 21.8 Å². The molecule has 108 valence electrons. The van der Waals surface area contributed by atoms with E-state index in [1.807, 2.05) is 12.3 Å². The van der Waals surface area contributed by atoms with Gasteiger partial charge in [0, 0.05) is 5.38 Å². The van der Waals surface area contributed by atoms with Crippen LogP contribution < -0.4 is 5.32 Å². The summed E-state index contributed by atoms with van der Waals surface area (Å²) in [7, 11) is 0. The van der Waals surface area contributed by atoms with E-state index in [0.29, 0.717) is 11.6 Å². The standard InChI is InChI=1S/C15H15N3OS2/c1-8-4-12-13(5-9(8)2)21-15(17-12)18-14(19)6-11-7-20-10(3)16-11/h4-5,7H,6H2,1-3H3,(H,17,18,19). The Kier molecular flexibility index (Phi) is 3.73. The second-order valence-corrected chi connectivity index (χ2v) is 7.10. The maximum atomic E-state index is 12.0. The van der Waals surface area contributed by atoms with E-state index < -0.39 is 0 Å². The van der Waals surface area contributed by atoms with Crippen LogP contribution in [0.3, 0.4) is 0 Å². The Bertz CT molecular complexity index is 781. The smallest absolute Gasteiger partial charge is 0.232 e. The first-order valence-corrected chi connectivity index (χ1v) is 8.29. The monoisotopic (exact) mass is 317 g/mol. The minimum Gasteiger partial charge on any atom is -0.302 e. The Morgan fingerprint density at radius 3 is 2.67 bits per heavy atom. The molecule has 0 saturated carbocycles. The van der Waals surface area contributed by atoms with Crippen molar-refractivity contribution in [3.63, 3.8) is 0 Å². The highest BCUT2D eigenvalue weighted by molar-refractivity contribution is 7.22. The second kappa shape index (κ2) is 5.54. The minimum atomic E-state index is -0.0761. The minimum absolute atomic E-state index is 0.0761. The van der Waals surface area contributed by atoms with Crippen LogP contribution in [0.5, 0.6) is 0 Å². The molecule has 6 heteroatoms. The number of aromatic nitrogens is 2. The Balaban J connectivity index is 1.76. The predicted molar refractivity (Wildman–Crippen MR) is 88.3 cm³/mol. The zero-order valence-corrected chi connectivity index (χ0v) is 13.7. The molecule has 0 radical (unpaired) electrons. The number of anilines is 1. The Morgan fingerprint density at radius 2 is 1.95 bits per heavy atom. The molecular formula is C15H15N3OS2. The number of nitrogens with one attached hydrogen (secondary N) is 1. The van der Waals surface area contributed by atoms with Crippen molar-refractivity contribution >= 4 is 43.9 Å². The summed E-state index contributed by atoms with van der Waals surface area (Å²) in [5.74, 6) is -0.0761. The van der Waals surface area contributed by atoms with Gasteiger partial charge in [-0.15, -0.1) is 11.3 Å². The van der Waals surface area contributed by atoms with Crippen molar-refractivity contribution in [2.45, 2.75) is 27.2 Å². The molecule has 0 aliphatic heterocycles. The summed E-state index contributed by atoms with van der Waals surface area (Å²) in [5, 5.41) is 6.40. The number of hydrogen-bond acceptors (Lipinski definition) is 5. The first kappa shape index (κ1) is 14.2. The van der Waals surface area contributed by atoms with E-state index in [4.69, 9.17) is 0 Å². The Morgan fingerprint density at radius 1 is 1.19 bits per heavy atom. The topological polar surface area (TPSA) is 54.9 Å². The average Bonchev–Trinajstić information content (AvgIpc) is 2.96. The highest BCUT2D eigenvalue weighted by atomic mass is 32.1. The summed E-state index contributed by atoms with van der Waals surface area (Å²) in [6, 6.07) is 4.17. The van der Waals surface area contributed by atoms with Crippen molar-refractivity contribution in [1.82, 2.24) is 9.97 Å². The number of rotatable bonds is 3. The summed E-state index contributed by atoms with van der Waals surface area (Å²) >= 11 is 3.06. The Hall–Kier alpha value is -1.79. The van der Waals surface area contributed by atoms with Crippen molar-refractivity contribution in [2.75, 3.05) is 5.32 Å². The lowest BCUT2D eigenvalue weighted by atomic mass is 10.1. The van der Waals surface area contributed by atoms with Gasteiger partial charge >= 0.3 is 0 Å². The van der Waals surface area contributed by atoms with Crippen LogP contribution >= 0.6 is 22.7 Å². The molecule has 0 atom stereocenters. The van der Waals surface area contributed by atoms with E-state index in [2.05, 4.69) is 41.3 Å². The molecule has 0 aliphatic rings. The summed E-state index contributed by atoms with van der Waals surface area (Å²) in [5.41, 5.74) is 4.19. The van der Waals surface area contributed by atoms with Gasteiger partial charge in [-0.3, -0.25) is 4.79 Å². The quantitative estimate of drug-likeness (QED) is 0.798. The van der Waals surface area contributed by atoms with E-state index in [9.17, 15) is 4.79 Å². The maximum Gasteiger partial charge on any atom is 0.232 e. The van der Waals surface area contributed by atoms with Crippen LogP contribution in [0.25, 0.3) is 10.2 Å². The van der Waals surface area contributed by atoms with E-state index in [1.54, 1.807) is 11.3 Å². The van der Waals surface area contributed by atoms with E-state index in [0.717, 1.165) is 20.9 Å². The van der Waals surface area contributed by atoms with Gasteiger partial charge in [-0.25, -0.2) is 9.97 Å². The number of carbonyl (C=O) groups excluding carboxylic acids is 1. The lowest BCUT2D eigenvalue weighted by Crippen LogP contribution is -2.14. The lowest BCUT2D eigenvalue weighted by Gasteiger charge is -1.98. The Labute approximate surface area is 130 Å². The normalized spacial score (nSPS) is 11.0. The number of hydrogen-bond donors (Lipinski definition) is 1. The number of amides is 1. The van der Waals surface area contributed by atoms with Crippen molar-refractivity contribution in [3.05, 3.63) is 39.3 Å². The predicted octanol–water partition coefficient (Wildman–Crippen LogP) is 3.86. The van der Waals surface area contributed by atoms with Gasteiger partial charge in [-0.1, -0.05) is 11.3 Å². The number of thiazole rings is 2. The largest absolute Gasteiger partial charge is 0.302 e. The number of benzene rings is 1. The van der Waals surface area contributed by atoms with Crippen LogP contribution in [0.15, 0.2) is 17.5 Å². The summed E-state index contributed by atoms with van der Waals surface area (Å²) in [6.45, 7) is 6.08. The number of carbonyl (C=O) groups is 1. The molecule has 0 fully saturated rings. The lowest BCUT2D eigenvalue weighted by molar-refractivity contribution is -0.115. The number of aryl methyl sites for hydroxylation is 3. The second-order valence-electron chi connectivity index (χ2n) is 5.01. The third-order valence-electron chi connectivity index (χ3n) is 3.26. The molecule has 1 aromatic carbocycles. The van der Waals surface area contributed by atoms with E-state index in [1.165, 1.54) is 22.5 Å². The molecule has 4 nitrogen and oxygen atoms in total. The molecule has 0 unspecified atom stereocenters. The third kappa shape index (κ3) is 3.11. The molecule has 3 rings (SSSR count). The molecule has 21 heavy (non-hydrogen) atoms. The van der Waals surface area contributed by atoms with Crippen molar-refractivity contribution in [2.24, 2.45) is 0 Å². The van der Waals surface area contributed by atoms with Gasteiger partial charge < -0.3 is 5.32 Å². The number of fused-ring (bicyclic) bond motifs is 1. The zero-order valence-electron chi connectivity index (χ0n) is 12.1. The van der Waals surface area contributed by atoms with Gasteiger partial charge in [0.05, 0.1) is 27.3 Å². The average molecular weight is 317 g/mol. The van der Waals surface area contributed by atoms with Crippen molar-refractivity contribution < 1.29 is 4.79 Å². The molecule has 1 N–H and O–H groups in total. The summed E-state index contributed by atoms with van der Waals surface area (Å²) in [4.78, 5) is 20.8. The van der Waals surface area contributed by atoms with Crippen LogP contribution in [-0.4, -0.2) is 15.9 Å². The zero-order chi connectivity index (χ0) is 15.0. The SMILES string of the molecule is Cc1nc(CC(=O)Nc2nc3cc(C)c(C)cc3s2)cs1. The van der Waals surface area contributed by atoms with Gasteiger partial charge in [0.1, 0.15) is 0 Å². The molecule has 3 aromatic rings. The van der Waals surface area contributed by atoms with Crippen LogP contribution in [0.4, 0.5) is 5.13 Å². The molecular weight excluding hydrogens is 302 g/mol. The van der Waals surface area contributed by atoms with Gasteiger partial charge in [0.25, 0.3) is 0 Å². The van der Waals surface area contributed by atoms with Crippen molar-refractivity contribution in [1.29, 1.82) is 0 Å². The highest BCUT2D eigenvalue weighted by Gasteiger charge is 2.11. The van der Waals surface area contributed by atoms with Gasteiger partial charge in [0.2, 0.25) is 5.91 Å². The highest BCUT2D eigenvalue weighted by Crippen LogP contribution is 2.28. The molecule has 0 spiro atoms. The third-order valence-corrected chi connectivity index (χ3v) is 5.01. The van der Waals surface area contributed by atoms with Crippen LogP contribution in [0, 0.1) is 20.8 Å². The molecule has 1 amide bonds. The molecule has 0 saturated heterocycles. The molecule has 0 bridgehead atoms. The molecule has 2 aromatic heterocycles. The fourth-order valence-corrected chi connectivity index (χ4v) is 3.63. The first-order chi connectivity index (χ1) is 10.0.